The Balaban J connectivity index is 1.86. The maximum Gasteiger partial charge on any atom is 0.358 e. The highest BCUT2D eigenvalue weighted by atomic mass is 32.1. The van der Waals surface area contributed by atoms with Gasteiger partial charge in [0.1, 0.15) is 5.01 Å². The number of urea groups is 1. The van der Waals surface area contributed by atoms with Crippen molar-refractivity contribution < 1.29 is 19.1 Å². The third-order valence-corrected chi connectivity index (χ3v) is 3.63. The lowest BCUT2D eigenvalue weighted by molar-refractivity contribution is -0.123. The highest BCUT2D eigenvalue weighted by Gasteiger charge is 2.16. The summed E-state index contributed by atoms with van der Waals surface area (Å²) in [7, 11) is 0. The smallest absolute Gasteiger partial charge is 0.358 e. The minimum absolute atomic E-state index is 0.105. The van der Waals surface area contributed by atoms with Gasteiger partial charge >= 0.3 is 12.0 Å². The van der Waals surface area contributed by atoms with Gasteiger partial charge in [-0.3, -0.25) is 10.1 Å². The number of rotatable bonds is 5. The molecule has 0 bridgehead atoms. The Hall–Kier alpha value is -2.74. The molecule has 1 aromatic carbocycles. The highest BCUT2D eigenvalue weighted by Crippen LogP contribution is 2.23. The van der Waals surface area contributed by atoms with E-state index in [-0.39, 0.29) is 11.7 Å². The van der Waals surface area contributed by atoms with E-state index in [1.165, 1.54) is 11.3 Å². The Morgan fingerprint density at radius 2 is 1.92 bits per heavy atom. The predicted octanol–water partition coefficient (Wildman–Crippen LogP) is 2.20. The number of aromatic nitrogens is 1. The van der Waals surface area contributed by atoms with E-state index in [2.05, 4.69) is 15.6 Å². The SMILES string of the molecule is CC(C)NC(=O)NC(=O)COC(=O)c1csc(-c2ccccc2)n1. The van der Waals surface area contributed by atoms with E-state index in [9.17, 15) is 14.4 Å². The second-order valence-electron chi connectivity index (χ2n) is 5.16. The number of thiazole rings is 1. The number of ether oxygens (including phenoxy) is 1. The molecular weight excluding hydrogens is 330 g/mol. The summed E-state index contributed by atoms with van der Waals surface area (Å²) < 4.78 is 4.86. The molecule has 3 amide bonds. The molecule has 0 aliphatic carbocycles. The van der Waals surface area contributed by atoms with Gasteiger partial charge in [0.05, 0.1) is 0 Å². The van der Waals surface area contributed by atoms with Gasteiger partial charge in [-0.05, 0) is 13.8 Å². The molecule has 0 fully saturated rings. The molecule has 0 spiro atoms. The van der Waals surface area contributed by atoms with E-state index < -0.39 is 24.5 Å². The molecule has 7 nitrogen and oxygen atoms in total. The molecule has 0 unspecified atom stereocenters. The molecule has 8 heteroatoms. The molecule has 126 valence electrons. The van der Waals surface area contributed by atoms with Gasteiger partial charge < -0.3 is 10.1 Å². The molecule has 0 aliphatic rings. The molecule has 1 heterocycles. The van der Waals surface area contributed by atoms with Crippen LogP contribution in [0.5, 0.6) is 0 Å². The maximum absolute atomic E-state index is 11.9. The molecule has 0 radical (unpaired) electrons. The Morgan fingerprint density at radius 3 is 2.58 bits per heavy atom. The van der Waals surface area contributed by atoms with Gasteiger partial charge in [0.25, 0.3) is 5.91 Å². The summed E-state index contributed by atoms with van der Waals surface area (Å²) in [6.07, 6.45) is 0. The van der Waals surface area contributed by atoms with Gasteiger partial charge in [-0.25, -0.2) is 14.6 Å². The van der Waals surface area contributed by atoms with Crippen molar-refractivity contribution in [2.24, 2.45) is 0 Å². The molecule has 0 saturated heterocycles. The van der Waals surface area contributed by atoms with Crippen LogP contribution in [0.1, 0.15) is 24.3 Å². The van der Waals surface area contributed by atoms with Crippen molar-refractivity contribution in [1.29, 1.82) is 0 Å². The first-order valence-corrected chi connectivity index (χ1v) is 8.12. The monoisotopic (exact) mass is 347 g/mol. The molecule has 0 saturated carbocycles. The Labute approximate surface area is 143 Å². The molecule has 24 heavy (non-hydrogen) atoms. The molecule has 2 rings (SSSR count). The normalized spacial score (nSPS) is 10.3. The van der Waals surface area contributed by atoms with Crippen LogP contribution in [0.2, 0.25) is 0 Å². The fourth-order valence-corrected chi connectivity index (χ4v) is 2.54. The third-order valence-electron chi connectivity index (χ3n) is 2.74. The average Bonchev–Trinajstić information content (AvgIpc) is 3.02. The lowest BCUT2D eigenvalue weighted by atomic mass is 10.2. The fraction of sp³-hybridized carbons (Fsp3) is 0.250. The van der Waals surface area contributed by atoms with Crippen LogP contribution >= 0.6 is 11.3 Å². The van der Waals surface area contributed by atoms with Crippen molar-refractivity contribution in [2.75, 3.05) is 6.61 Å². The Bertz CT molecular complexity index is 728. The van der Waals surface area contributed by atoms with Crippen molar-refractivity contribution in [3.8, 4) is 10.6 Å². The number of esters is 1. The van der Waals surface area contributed by atoms with E-state index in [1.54, 1.807) is 19.2 Å². The second kappa shape index (κ2) is 8.21. The van der Waals surface area contributed by atoms with E-state index in [0.29, 0.717) is 5.01 Å². The number of amides is 3. The van der Waals surface area contributed by atoms with Gasteiger partial charge in [0, 0.05) is 17.0 Å². The number of hydrogen-bond donors (Lipinski definition) is 2. The average molecular weight is 347 g/mol. The number of hydrogen-bond acceptors (Lipinski definition) is 6. The maximum atomic E-state index is 11.9. The molecule has 1 aromatic heterocycles. The number of nitrogens with zero attached hydrogens (tertiary/aromatic N) is 1. The van der Waals surface area contributed by atoms with Crippen LogP contribution in [0.3, 0.4) is 0 Å². The molecular formula is C16H17N3O4S. The minimum atomic E-state index is -0.715. The van der Waals surface area contributed by atoms with Gasteiger partial charge in [-0.1, -0.05) is 30.3 Å². The van der Waals surface area contributed by atoms with Crippen molar-refractivity contribution in [3.05, 3.63) is 41.4 Å². The van der Waals surface area contributed by atoms with Crippen LogP contribution in [-0.4, -0.2) is 35.5 Å². The molecule has 0 aliphatic heterocycles. The van der Waals surface area contributed by atoms with Crippen LogP contribution in [0.15, 0.2) is 35.7 Å². The predicted molar refractivity (Wildman–Crippen MR) is 89.6 cm³/mol. The summed E-state index contributed by atoms with van der Waals surface area (Å²) in [5.74, 6) is -1.42. The zero-order valence-electron chi connectivity index (χ0n) is 13.2. The third kappa shape index (κ3) is 5.17. The first-order chi connectivity index (χ1) is 11.5. The largest absolute Gasteiger partial charge is 0.451 e. The zero-order valence-corrected chi connectivity index (χ0v) is 14.1. The highest BCUT2D eigenvalue weighted by molar-refractivity contribution is 7.13. The minimum Gasteiger partial charge on any atom is -0.451 e. The number of carbonyl (C=O) groups is 3. The van der Waals surface area contributed by atoms with E-state index in [4.69, 9.17) is 4.74 Å². The number of imide groups is 1. The summed E-state index contributed by atoms with van der Waals surface area (Å²) in [6, 6.07) is 8.67. The first kappa shape index (κ1) is 17.6. The summed E-state index contributed by atoms with van der Waals surface area (Å²) in [5.41, 5.74) is 1.02. The van der Waals surface area contributed by atoms with Crippen molar-refractivity contribution in [2.45, 2.75) is 19.9 Å². The molecule has 2 aromatic rings. The van der Waals surface area contributed by atoms with E-state index in [1.807, 2.05) is 30.3 Å². The summed E-state index contributed by atoms with van der Waals surface area (Å²) >= 11 is 1.31. The zero-order chi connectivity index (χ0) is 17.5. The van der Waals surface area contributed by atoms with E-state index >= 15 is 0 Å². The number of carbonyl (C=O) groups excluding carboxylic acids is 3. The lowest BCUT2D eigenvalue weighted by Crippen LogP contribution is -2.44. The topological polar surface area (TPSA) is 97.4 Å². The lowest BCUT2D eigenvalue weighted by Gasteiger charge is -2.09. The Kier molecular flexibility index (Phi) is 6.02. The van der Waals surface area contributed by atoms with Gasteiger partial charge in [0.2, 0.25) is 0 Å². The van der Waals surface area contributed by atoms with Crippen LogP contribution in [0, 0.1) is 0 Å². The van der Waals surface area contributed by atoms with Crippen molar-refractivity contribution in [1.82, 2.24) is 15.6 Å². The second-order valence-corrected chi connectivity index (χ2v) is 6.01. The summed E-state index contributed by atoms with van der Waals surface area (Å²) in [6.45, 7) is 2.97. The Morgan fingerprint density at radius 1 is 1.21 bits per heavy atom. The summed E-state index contributed by atoms with van der Waals surface area (Å²) in [5, 5.41) is 6.80. The number of nitrogens with one attached hydrogen (secondary N) is 2. The first-order valence-electron chi connectivity index (χ1n) is 7.24. The van der Waals surface area contributed by atoms with Crippen LogP contribution < -0.4 is 10.6 Å². The molecule has 0 atom stereocenters. The van der Waals surface area contributed by atoms with Crippen LogP contribution in [-0.2, 0) is 9.53 Å². The summed E-state index contributed by atoms with van der Waals surface area (Å²) in [4.78, 5) is 39.0. The van der Waals surface area contributed by atoms with Gasteiger partial charge in [-0.15, -0.1) is 11.3 Å². The molecule has 2 N–H and O–H groups in total. The number of benzene rings is 1. The van der Waals surface area contributed by atoms with Crippen molar-refractivity contribution in [3.63, 3.8) is 0 Å². The van der Waals surface area contributed by atoms with Crippen LogP contribution in [0.25, 0.3) is 10.6 Å². The standard InChI is InChI=1S/C16H17N3O4S/c1-10(2)17-16(22)19-13(20)8-23-15(21)12-9-24-14(18-12)11-6-4-3-5-7-11/h3-7,9-10H,8H2,1-2H3,(H2,17,19,20,22). The van der Waals surface area contributed by atoms with Gasteiger partial charge in [-0.2, -0.15) is 0 Å². The van der Waals surface area contributed by atoms with Gasteiger partial charge in [0.15, 0.2) is 12.3 Å². The van der Waals surface area contributed by atoms with E-state index in [0.717, 1.165) is 5.56 Å². The fourth-order valence-electron chi connectivity index (χ4n) is 1.75. The van der Waals surface area contributed by atoms with Crippen LogP contribution in [0.4, 0.5) is 4.79 Å². The quantitative estimate of drug-likeness (QED) is 0.808. The van der Waals surface area contributed by atoms with Crippen molar-refractivity contribution >= 4 is 29.2 Å².